The van der Waals surface area contributed by atoms with Crippen LogP contribution in [0.5, 0.6) is 11.5 Å². The van der Waals surface area contributed by atoms with Crippen molar-refractivity contribution in [3.8, 4) is 11.5 Å². The van der Waals surface area contributed by atoms with Gasteiger partial charge in [-0.1, -0.05) is 24.3 Å². The number of benzene rings is 2. The second-order valence-corrected chi connectivity index (χ2v) is 4.66. The summed E-state index contributed by atoms with van der Waals surface area (Å²) in [6.45, 7) is 0. The number of hydrogen-bond acceptors (Lipinski definition) is 4. The van der Waals surface area contributed by atoms with E-state index in [1.54, 1.807) is 18.3 Å². The summed E-state index contributed by atoms with van der Waals surface area (Å²) in [5.74, 6) is -0.896. The highest BCUT2D eigenvalue weighted by atomic mass is 16.3. The monoisotopic (exact) mass is 295 g/mol. The zero-order valence-electron chi connectivity index (χ0n) is 11.4. The molecule has 6 nitrogen and oxygen atoms in total. The molecule has 0 fully saturated rings. The van der Waals surface area contributed by atoms with Gasteiger partial charge in [-0.15, -0.1) is 0 Å². The molecule has 0 spiro atoms. The Morgan fingerprint density at radius 1 is 1.14 bits per heavy atom. The Morgan fingerprint density at radius 3 is 2.82 bits per heavy atom. The van der Waals surface area contributed by atoms with Gasteiger partial charge in [-0.05, 0) is 18.2 Å². The number of aromatic amines is 1. The molecular weight excluding hydrogens is 282 g/mol. The molecule has 1 amide bonds. The van der Waals surface area contributed by atoms with Crippen molar-refractivity contribution in [3.05, 3.63) is 59.8 Å². The Morgan fingerprint density at radius 2 is 1.95 bits per heavy atom. The number of nitrogens with zero attached hydrogens (tertiary/aromatic N) is 1. The van der Waals surface area contributed by atoms with Gasteiger partial charge in [0, 0.05) is 22.7 Å². The van der Waals surface area contributed by atoms with Gasteiger partial charge in [-0.3, -0.25) is 4.79 Å². The summed E-state index contributed by atoms with van der Waals surface area (Å²) in [5, 5.41) is 23.6. The Bertz CT molecular complexity index is 868. The lowest BCUT2D eigenvalue weighted by atomic mass is 10.2. The lowest BCUT2D eigenvalue weighted by molar-refractivity contribution is 0.0957. The van der Waals surface area contributed by atoms with Gasteiger partial charge < -0.3 is 15.2 Å². The molecule has 0 aliphatic carbocycles. The molecule has 1 aromatic heterocycles. The van der Waals surface area contributed by atoms with Crippen LogP contribution in [0.15, 0.2) is 53.8 Å². The fraction of sp³-hybridized carbons (Fsp3) is 0. The number of fused-ring (bicyclic) bond motifs is 1. The van der Waals surface area contributed by atoms with Crippen molar-refractivity contribution >= 4 is 23.0 Å². The van der Waals surface area contributed by atoms with Gasteiger partial charge in [-0.2, -0.15) is 5.10 Å². The molecule has 0 aliphatic rings. The van der Waals surface area contributed by atoms with E-state index in [2.05, 4.69) is 15.5 Å². The van der Waals surface area contributed by atoms with Crippen LogP contribution < -0.4 is 5.43 Å². The van der Waals surface area contributed by atoms with Crippen LogP contribution in [0.1, 0.15) is 15.9 Å². The smallest absolute Gasteiger partial charge is 0.273 e. The van der Waals surface area contributed by atoms with Crippen molar-refractivity contribution in [2.45, 2.75) is 0 Å². The number of phenolic OH excluding ortho intramolecular Hbond substituents is 2. The molecule has 4 N–H and O–H groups in total. The van der Waals surface area contributed by atoms with E-state index in [0.29, 0.717) is 11.1 Å². The Balaban J connectivity index is 1.77. The van der Waals surface area contributed by atoms with Crippen molar-refractivity contribution in [2.75, 3.05) is 0 Å². The first-order valence-electron chi connectivity index (χ1n) is 6.57. The second kappa shape index (κ2) is 5.61. The molecule has 22 heavy (non-hydrogen) atoms. The topological polar surface area (TPSA) is 97.7 Å². The zero-order valence-corrected chi connectivity index (χ0v) is 11.4. The minimum absolute atomic E-state index is 0.244. The van der Waals surface area contributed by atoms with Crippen LogP contribution in [0.2, 0.25) is 0 Å². The van der Waals surface area contributed by atoms with E-state index in [-0.39, 0.29) is 17.4 Å². The summed E-state index contributed by atoms with van der Waals surface area (Å²) in [6.07, 6.45) is 2.88. The molecule has 0 bridgehead atoms. The van der Waals surface area contributed by atoms with Crippen LogP contribution in [0.4, 0.5) is 0 Å². The predicted octanol–water partition coefficient (Wildman–Crippen LogP) is 2.34. The molecule has 0 saturated heterocycles. The number of hydrazone groups is 1. The number of carbonyl (C=O) groups excluding carboxylic acids is 1. The number of nitrogens with one attached hydrogen (secondary N) is 2. The van der Waals surface area contributed by atoms with E-state index in [0.717, 1.165) is 10.9 Å². The third-order valence-electron chi connectivity index (χ3n) is 3.25. The normalized spacial score (nSPS) is 11.1. The third-order valence-corrected chi connectivity index (χ3v) is 3.25. The lowest BCUT2D eigenvalue weighted by Gasteiger charge is -2.01. The number of rotatable bonds is 3. The van der Waals surface area contributed by atoms with E-state index in [1.165, 1.54) is 12.3 Å². The highest BCUT2D eigenvalue weighted by Gasteiger charge is 2.10. The maximum absolute atomic E-state index is 12.1. The van der Waals surface area contributed by atoms with Crippen molar-refractivity contribution in [1.29, 1.82) is 0 Å². The number of phenols is 2. The number of aromatic hydroxyl groups is 2. The average molecular weight is 295 g/mol. The highest BCUT2D eigenvalue weighted by Crippen LogP contribution is 2.26. The van der Waals surface area contributed by atoms with E-state index >= 15 is 0 Å². The summed E-state index contributed by atoms with van der Waals surface area (Å²) in [4.78, 5) is 15.1. The van der Waals surface area contributed by atoms with E-state index in [4.69, 9.17) is 0 Å². The summed E-state index contributed by atoms with van der Waals surface area (Å²) in [6, 6.07) is 11.9. The van der Waals surface area contributed by atoms with Crippen LogP contribution in [-0.2, 0) is 0 Å². The SMILES string of the molecule is O=C(NN=Cc1cccc(O)c1O)c1c[nH]c2ccccc12. The first-order chi connectivity index (χ1) is 10.7. The van der Waals surface area contributed by atoms with Crippen molar-refractivity contribution < 1.29 is 15.0 Å². The van der Waals surface area contributed by atoms with E-state index in [1.807, 2.05) is 24.3 Å². The van der Waals surface area contributed by atoms with E-state index in [9.17, 15) is 15.0 Å². The summed E-state index contributed by atoms with van der Waals surface area (Å²) in [7, 11) is 0. The third kappa shape index (κ3) is 2.49. The maximum Gasteiger partial charge on any atom is 0.273 e. The number of carbonyl (C=O) groups is 1. The standard InChI is InChI=1S/C16H13N3O3/c20-14-7-3-4-10(15(14)21)8-18-19-16(22)12-9-17-13-6-2-1-5-11(12)13/h1-9,17,20-21H,(H,19,22). The quantitative estimate of drug-likeness (QED) is 0.339. The fourth-order valence-electron chi connectivity index (χ4n) is 2.13. The molecule has 3 rings (SSSR count). The molecule has 1 heterocycles. The second-order valence-electron chi connectivity index (χ2n) is 4.66. The van der Waals surface area contributed by atoms with Crippen LogP contribution >= 0.6 is 0 Å². The van der Waals surface area contributed by atoms with Crippen molar-refractivity contribution in [1.82, 2.24) is 10.4 Å². The minimum atomic E-state index is -0.367. The number of H-pyrrole nitrogens is 1. The first-order valence-corrected chi connectivity index (χ1v) is 6.57. The van der Waals surface area contributed by atoms with Crippen LogP contribution in [-0.4, -0.2) is 27.3 Å². The van der Waals surface area contributed by atoms with Gasteiger partial charge >= 0.3 is 0 Å². The van der Waals surface area contributed by atoms with E-state index < -0.39 is 0 Å². The summed E-state index contributed by atoms with van der Waals surface area (Å²) >= 11 is 0. The van der Waals surface area contributed by atoms with Crippen molar-refractivity contribution in [3.63, 3.8) is 0 Å². The van der Waals surface area contributed by atoms with Gasteiger partial charge in [0.2, 0.25) is 0 Å². The molecule has 110 valence electrons. The number of aromatic nitrogens is 1. The Labute approximate surface area is 125 Å². The number of hydrogen-bond donors (Lipinski definition) is 4. The lowest BCUT2D eigenvalue weighted by Crippen LogP contribution is -2.17. The van der Waals surface area contributed by atoms with Gasteiger partial charge in [0.1, 0.15) is 0 Å². The van der Waals surface area contributed by atoms with Crippen LogP contribution in [0, 0.1) is 0 Å². The summed E-state index contributed by atoms with van der Waals surface area (Å²) < 4.78 is 0. The van der Waals surface area contributed by atoms with Crippen molar-refractivity contribution in [2.24, 2.45) is 5.10 Å². The van der Waals surface area contributed by atoms with Gasteiger partial charge in [0.15, 0.2) is 11.5 Å². The molecule has 0 saturated carbocycles. The van der Waals surface area contributed by atoms with Gasteiger partial charge in [0.25, 0.3) is 5.91 Å². The molecule has 0 unspecified atom stereocenters. The minimum Gasteiger partial charge on any atom is -0.504 e. The molecule has 6 heteroatoms. The molecule has 0 atom stereocenters. The summed E-state index contributed by atoms with van der Waals surface area (Å²) in [5.41, 5.74) is 4.04. The predicted molar refractivity (Wildman–Crippen MR) is 83.1 cm³/mol. The highest BCUT2D eigenvalue weighted by molar-refractivity contribution is 6.06. The Kier molecular flexibility index (Phi) is 3.49. The number of amides is 1. The largest absolute Gasteiger partial charge is 0.504 e. The van der Waals surface area contributed by atoms with Crippen LogP contribution in [0.25, 0.3) is 10.9 Å². The molecule has 0 aliphatic heterocycles. The average Bonchev–Trinajstić information content (AvgIpc) is 2.95. The Hall–Kier alpha value is -3.28. The molecule has 3 aromatic rings. The van der Waals surface area contributed by atoms with Gasteiger partial charge in [0.05, 0.1) is 11.8 Å². The molecule has 2 aromatic carbocycles. The van der Waals surface area contributed by atoms with Gasteiger partial charge in [-0.25, -0.2) is 5.43 Å². The zero-order chi connectivity index (χ0) is 15.5. The molecular formula is C16H13N3O3. The number of para-hydroxylation sites is 2. The first kappa shape index (κ1) is 13.7. The van der Waals surface area contributed by atoms with Crippen LogP contribution in [0.3, 0.4) is 0 Å². The fourth-order valence-corrected chi connectivity index (χ4v) is 2.13. The molecule has 0 radical (unpaired) electrons. The maximum atomic E-state index is 12.1.